The quantitative estimate of drug-likeness (QED) is 0.648. The Morgan fingerprint density at radius 1 is 1.40 bits per heavy atom. The number of halogens is 1. The van der Waals surface area contributed by atoms with E-state index in [1.807, 2.05) is 0 Å². The van der Waals surface area contributed by atoms with Crippen LogP contribution >= 0.6 is 0 Å². The molecule has 0 saturated carbocycles. The van der Waals surface area contributed by atoms with Crippen LogP contribution in [0.1, 0.15) is 11.6 Å². The number of nitrogens with one attached hydrogen (secondary N) is 1. The normalized spacial score (nSPS) is 21.5. The van der Waals surface area contributed by atoms with E-state index in [0.29, 0.717) is 25.3 Å². The van der Waals surface area contributed by atoms with E-state index in [0.717, 1.165) is 0 Å². The molecule has 1 saturated heterocycles. The van der Waals surface area contributed by atoms with E-state index in [4.69, 9.17) is 9.84 Å². The molecule has 0 aliphatic carbocycles. The number of ether oxygens (including phenoxy) is 1. The Morgan fingerprint density at radius 2 is 2.20 bits per heavy atom. The van der Waals surface area contributed by atoms with Crippen LogP contribution in [0.2, 0.25) is 0 Å². The Kier molecular flexibility index (Phi) is 2.75. The second-order valence-corrected chi connectivity index (χ2v) is 3.42. The fourth-order valence-corrected chi connectivity index (χ4v) is 1.62. The summed E-state index contributed by atoms with van der Waals surface area (Å²) in [5.41, 5.74) is 0.407. The molecule has 15 heavy (non-hydrogen) atoms. The number of hydrogen-bond donors (Lipinski definition) is 3. The molecule has 1 aromatic rings. The van der Waals surface area contributed by atoms with Gasteiger partial charge in [0, 0.05) is 12.1 Å². The fourth-order valence-electron chi connectivity index (χ4n) is 1.62. The van der Waals surface area contributed by atoms with Gasteiger partial charge in [-0.15, -0.1) is 0 Å². The van der Waals surface area contributed by atoms with Crippen LogP contribution < -0.4 is 5.32 Å². The highest BCUT2D eigenvalue weighted by Gasteiger charge is 2.21. The Balaban J connectivity index is 2.31. The van der Waals surface area contributed by atoms with E-state index in [1.54, 1.807) is 0 Å². The first-order valence-electron chi connectivity index (χ1n) is 4.71. The van der Waals surface area contributed by atoms with Gasteiger partial charge in [-0.3, -0.25) is 0 Å². The van der Waals surface area contributed by atoms with Crippen LogP contribution in [-0.2, 0) is 4.74 Å². The van der Waals surface area contributed by atoms with Gasteiger partial charge in [0.2, 0.25) is 5.82 Å². The Labute approximate surface area is 86.3 Å². The molecule has 0 aromatic heterocycles. The van der Waals surface area contributed by atoms with Gasteiger partial charge in [-0.2, -0.15) is 4.39 Å². The van der Waals surface area contributed by atoms with Gasteiger partial charge in [0.25, 0.3) is 0 Å². The summed E-state index contributed by atoms with van der Waals surface area (Å²) < 4.78 is 18.4. The zero-order chi connectivity index (χ0) is 10.8. The minimum Gasteiger partial charge on any atom is -0.505 e. The van der Waals surface area contributed by atoms with Crippen LogP contribution in [0, 0.1) is 5.82 Å². The standard InChI is InChI=1S/C10H12FNO3/c11-9-8(13)2-1-6(10(9)14)7-5-15-4-3-12-7/h1-2,7,12-14H,3-5H2. The Bertz CT molecular complexity index is 364. The molecular formula is C10H12FNO3. The number of phenolic OH excluding ortho intramolecular Hbond substituents is 2. The van der Waals surface area contributed by atoms with Gasteiger partial charge in [-0.1, -0.05) is 0 Å². The van der Waals surface area contributed by atoms with Gasteiger partial charge in [-0.25, -0.2) is 0 Å². The van der Waals surface area contributed by atoms with Gasteiger partial charge in [0.05, 0.1) is 19.3 Å². The molecule has 2 rings (SSSR count). The van der Waals surface area contributed by atoms with Gasteiger partial charge in [-0.05, 0) is 12.1 Å². The van der Waals surface area contributed by atoms with Crippen LogP contribution in [0.15, 0.2) is 12.1 Å². The van der Waals surface area contributed by atoms with E-state index >= 15 is 0 Å². The van der Waals surface area contributed by atoms with Gasteiger partial charge in [0.1, 0.15) is 0 Å². The van der Waals surface area contributed by atoms with Crippen molar-refractivity contribution in [3.8, 4) is 11.5 Å². The zero-order valence-corrected chi connectivity index (χ0v) is 8.03. The van der Waals surface area contributed by atoms with Crippen LogP contribution in [0.4, 0.5) is 4.39 Å². The molecule has 1 unspecified atom stereocenters. The largest absolute Gasteiger partial charge is 0.505 e. The smallest absolute Gasteiger partial charge is 0.206 e. The summed E-state index contributed by atoms with van der Waals surface area (Å²) in [6, 6.07) is 2.48. The third-order valence-electron chi connectivity index (χ3n) is 2.42. The molecule has 0 bridgehead atoms. The number of morpholine rings is 1. The lowest BCUT2D eigenvalue weighted by atomic mass is 10.0. The summed E-state index contributed by atoms with van der Waals surface area (Å²) in [5.74, 6) is -2.05. The summed E-state index contributed by atoms with van der Waals surface area (Å²) >= 11 is 0. The molecule has 5 heteroatoms. The van der Waals surface area contributed by atoms with Crippen LogP contribution in [0.3, 0.4) is 0 Å². The molecule has 1 atom stereocenters. The van der Waals surface area contributed by atoms with Gasteiger partial charge >= 0.3 is 0 Å². The second kappa shape index (κ2) is 4.04. The average Bonchev–Trinajstić information content (AvgIpc) is 2.27. The van der Waals surface area contributed by atoms with Crippen LogP contribution in [0.5, 0.6) is 11.5 Å². The maximum absolute atomic E-state index is 13.2. The second-order valence-electron chi connectivity index (χ2n) is 3.42. The molecule has 82 valence electrons. The van der Waals surface area contributed by atoms with Crippen LogP contribution in [0.25, 0.3) is 0 Å². The molecule has 3 N–H and O–H groups in total. The van der Waals surface area contributed by atoms with E-state index in [2.05, 4.69) is 5.32 Å². The van der Waals surface area contributed by atoms with Gasteiger partial charge in [0.15, 0.2) is 11.5 Å². The molecule has 1 aliphatic heterocycles. The molecule has 0 spiro atoms. The number of phenols is 2. The first-order chi connectivity index (χ1) is 7.20. The molecule has 1 aliphatic rings. The first kappa shape index (κ1) is 10.2. The highest BCUT2D eigenvalue weighted by Crippen LogP contribution is 2.32. The third-order valence-corrected chi connectivity index (χ3v) is 2.42. The first-order valence-corrected chi connectivity index (χ1v) is 4.71. The monoisotopic (exact) mass is 213 g/mol. The molecule has 1 heterocycles. The van der Waals surface area contributed by atoms with Crippen molar-refractivity contribution in [1.29, 1.82) is 0 Å². The minimum absolute atomic E-state index is 0.228. The predicted octanol–water partition coefficient (Wildman–Crippen LogP) is 0.898. The van der Waals surface area contributed by atoms with E-state index in [9.17, 15) is 9.50 Å². The summed E-state index contributed by atoms with van der Waals surface area (Å²) in [6.45, 7) is 1.65. The molecular weight excluding hydrogens is 201 g/mol. The zero-order valence-electron chi connectivity index (χ0n) is 8.03. The lowest BCUT2D eigenvalue weighted by molar-refractivity contribution is 0.0759. The van der Waals surface area contributed by atoms with Crippen molar-refractivity contribution in [1.82, 2.24) is 5.32 Å². The number of rotatable bonds is 1. The van der Waals surface area contributed by atoms with Crippen molar-refractivity contribution in [3.63, 3.8) is 0 Å². The van der Waals surface area contributed by atoms with Crippen molar-refractivity contribution in [2.24, 2.45) is 0 Å². The summed E-state index contributed by atoms with van der Waals surface area (Å²) in [4.78, 5) is 0. The van der Waals surface area contributed by atoms with E-state index in [-0.39, 0.29) is 6.04 Å². The predicted molar refractivity (Wildman–Crippen MR) is 51.3 cm³/mol. The highest BCUT2D eigenvalue weighted by atomic mass is 19.1. The number of aromatic hydroxyl groups is 2. The highest BCUT2D eigenvalue weighted by molar-refractivity contribution is 5.42. The van der Waals surface area contributed by atoms with Crippen molar-refractivity contribution < 1.29 is 19.3 Å². The third kappa shape index (κ3) is 1.88. The van der Waals surface area contributed by atoms with Crippen molar-refractivity contribution in [2.75, 3.05) is 19.8 Å². The maximum Gasteiger partial charge on any atom is 0.206 e. The molecule has 1 fully saturated rings. The maximum atomic E-state index is 13.2. The minimum atomic E-state index is -0.986. The fraction of sp³-hybridized carbons (Fsp3) is 0.400. The lowest BCUT2D eigenvalue weighted by Gasteiger charge is -2.24. The molecule has 0 radical (unpaired) electrons. The van der Waals surface area contributed by atoms with Crippen LogP contribution in [-0.4, -0.2) is 30.0 Å². The summed E-state index contributed by atoms with van der Waals surface area (Å²) in [6.07, 6.45) is 0. The molecule has 4 nitrogen and oxygen atoms in total. The lowest BCUT2D eigenvalue weighted by Crippen LogP contribution is -2.34. The Hall–Kier alpha value is -1.33. The average molecular weight is 213 g/mol. The summed E-state index contributed by atoms with van der Waals surface area (Å²) in [5, 5.41) is 21.6. The molecule has 0 amide bonds. The van der Waals surface area contributed by atoms with Crippen molar-refractivity contribution in [3.05, 3.63) is 23.5 Å². The molecule has 1 aromatic carbocycles. The SMILES string of the molecule is Oc1ccc(C2COCCN2)c(O)c1F. The van der Waals surface area contributed by atoms with Gasteiger partial charge < -0.3 is 20.3 Å². The van der Waals surface area contributed by atoms with Crippen molar-refractivity contribution >= 4 is 0 Å². The van der Waals surface area contributed by atoms with E-state index < -0.39 is 17.3 Å². The topological polar surface area (TPSA) is 61.7 Å². The number of hydrogen-bond acceptors (Lipinski definition) is 4. The summed E-state index contributed by atoms with van der Waals surface area (Å²) in [7, 11) is 0. The Morgan fingerprint density at radius 3 is 2.87 bits per heavy atom. The van der Waals surface area contributed by atoms with E-state index in [1.165, 1.54) is 12.1 Å². The van der Waals surface area contributed by atoms with Crippen molar-refractivity contribution in [2.45, 2.75) is 6.04 Å². The number of benzene rings is 1.